The number of nitrogens with zero attached hydrogens (tertiary/aromatic N) is 3. The minimum atomic E-state index is 0.0964. The van der Waals surface area contributed by atoms with Crippen LogP contribution in [0.15, 0.2) is 60.9 Å². The Labute approximate surface area is 228 Å². The molecule has 1 aliphatic carbocycles. The summed E-state index contributed by atoms with van der Waals surface area (Å²) in [5, 5.41) is 11.9. The molecule has 3 N–H and O–H groups in total. The van der Waals surface area contributed by atoms with E-state index in [-0.39, 0.29) is 11.8 Å². The molecule has 1 amide bonds. The van der Waals surface area contributed by atoms with Gasteiger partial charge in [-0.05, 0) is 69.0 Å². The molecule has 4 aromatic rings. The zero-order valence-corrected chi connectivity index (χ0v) is 22.2. The predicted molar refractivity (Wildman–Crippen MR) is 154 cm³/mol. The number of nitrogens with one attached hydrogen (secondary N) is 3. The van der Waals surface area contributed by atoms with E-state index in [0.717, 1.165) is 84.9 Å². The van der Waals surface area contributed by atoms with Gasteiger partial charge in [0.25, 0.3) is 0 Å². The zero-order valence-electron chi connectivity index (χ0n) is 22.2. The monoisotopic (exact) mass is 522 g/mol. The number of anilines is 2. The summed E-state index contributed by atoms with van der Waals surface area (Å²) in [4.78, 5) is 26.7. The van der Waals surface area contributed by atoms with Gasteiger partial charge in [0, 0.05) is 47.4 Å². The average Bonchev–Trinajstić information content (AvgIpc) is 3.51. The van der Waals surface area contributed by atoms with Crippen LogP contribution in [-0.4, -0.2) is 40.0 Å². The maximum absolute atomic E-state index is 12.9. The first-order valence-electron chi connectivity index (χ1n) is 13.9. The second kappa shape index (κ2) is 11.4. The molecule has 1 unspecified atom stereocenters. The van der Waals surface area contributed by atoms with Gasteiger partial charge in [-0.15, -0.1) is 0 Å². The van der Waals surface area contributed by atoms with E-state index in [4.69, 9.17) is 9.72 Å². The minimum Gasteiger partial charge on any atom is -0.437 e. The molecule has 6 rings (SSSR count). The number of benzene rings is 2. The van der Waals surface area contributed by atoms with Crippen molar-refractivity contribution < 1.29 is 9.53 Å². The first kappa shape index (κ1) is 25.2. The number of hydrogen-bond acceptors (Lipinski definition) is 7. The molecule has 8 nitrogen and oxygen atoms in total. The summed E-state index contributed by atoms with van der Waals surface area (Å²) >= 11 is 0. The molecule has 2 aliphatic rings. The topological polar surface area (TPSA) is 101 Å². The number of aromatic nitrogens is 3. The van der Waals surface area contributed by atoms with Gasteiger partial charge in [-0.3, -0.25) is 4.79 Å². The van der Waals surface area contributed by atoms with E-state index in [1.807, 2.05) is 55.5 Å². The first-order chi connectivity index (χ1) is 19.2. The summed E-state index contributed by atoms with van der Waals surface area (Å²) in [6, 6.07) is 16.0. The molecular formula is C31H34N6O2. The fourth-order valence-electron chi connectivity index (χ4n) is 5.61. The van der Waals surface area contributed by atoms with Gasteiger partial charge < -0.3 is 20.7 Å². The van der Waals surface area contributed by atoms with Gasteiger partial charge in [0.1, 0.15) is 5.75 Å². The third kappa shape index (κ3) is 5.56. The van der Waals surface area contributed by atoms with Crippen LogP contribution in [0.3, 0.4) is 0 Å². The zero-order chi connectivity index (χ0) is 26.6. The smallest absolute Gasteiger partial charge is 0.228 e. The molecule has 39 heavy (non-hydrogen) atoms. The van der Waals surface area contributed by atoms with Crippen molar-refractivity contribution in [1.29, 1.82) is 0 Å². The van der Waals surface area contributed by atoms with E-state index in [0.29, 0.717) is 23.6 Å². The van der Waals surface area contributed by atoms with E-state index in [2.05, 4.69) is 25.9 Å². The molecule has 1 saturated carbocycles. The maximum Gasteiger partial charge on any atom is 0.228 e. The van der Waals surface area contributed by atoms with Crippen LogP contribution >= 0.6 is 0 Å². The lowest BCUT2D eigenvalue weighted by molar-refractivity contribution is -0.119. The van der Waals surface area contributed by atoms with Gasteiger partial charge in [-0.25, -0.2) is 15.0 Å². The SMILES string of the molecule is Cc1ccc2c(NC(=O)C3CCCC3)cccc2c1Oc1ncccc1-c1ccnc(NC2CCCNC2)n1. The minimum absolute atomic E-state index is 0.0964. The standard InChI is InChI=1S/C31H34N6O2/c1-20-13-14-23-24(10-4-12-26(23)36-29(38)21-7-2-3-8-21)28(20)39-30-25(11-6-17-33-30)27-15-18-34-31(37-27)35-22-9-5-16-32-19-22/h4,6,10-15,17-18,21-22,32H,2-3,5,7-9,16,19H2,1H3,(H,36,38)(H,34,35,37). The van der Waals surface area contributed by atoms with Crippen molar-refractivity contribution in [3.05, 3.63) is 66.5 Å². The quantitative estimate of drug-likeness (QED) is 0.270. The second-order valence-corrected chi connectivity index (χ2v) is 10.5. The number of carbonyl (C=O) groups is 1. The molecule has 2 aromatic carbocycles. The number of pyridine rings is 1. The summed E-state index contributed by atoms with van der Waals surface area (Å²) in [6.07, 6.45) is 9.88. The van der Waals surface area contributed by atoms with Crippen molar-refractivity contribution >= 4 is 28.3 Å². The van der Waals surface area contributed by atoms with Crippen LogP contribution in [0, 0.1) is 12.8 Å². The molecule has 1 atom stereocenters. The van der Waals surface area contributed by atoms with Gasteiger partial charge in [-0.2, -0.15) is 0 Å². The van der Waals surface area contributed by atoms with E-state index in [1.54, 1.807) is 12.4 Å². The Kier molecular flexibility index (Phi) is 7.36. The highest BCUT2D eigenvalue weighted by molar-refractivity contribution is 6.05. The van der Waals surface area contributed by atoms with Gasteiger partial charge in [0.2, 0.25) is 17.7 Å². The summed E-state index contributed by atoms with van der Waals surface area (Å²) < 4.78 is 6.54. The first-order valence-corrected chi connectivity index (χ1v) is 13.9. The fraction of sp³-hybridized carbons (Fsp3) is 0.355. The number of rotatable bonds is 7. The second-order valence-electron chi connectivity index (χ2n) is 10.5. The Bertz CT molecular complexity index is 1480. The summed E-state index contributed by atoms with van der Waals surface area (Å²) in [5.74, 6) is 1.98. The Hall–Kier alpha value is -4.04. The summed E-state index contributed by atoms with van der Waals surface area (Å²) in [5.41, 5.74) is 3.31. The molecule has 1 saturated heterocycles. The molecule has 2 aromatic heterocycles. The molecule has 0 radical (unpaired) electrons. The lowest BCUT2D eigenvalue weighted by Crippen LogP contribution is -2.38. The number of aryl methyl sites for hydroxylation is 1. The van der Waals surface area contributed by atoms with Crippen LogP contribution in [0.5, 0.6) is 11.6 Å². The lowest BCUT2D eigenvalue weighted by Gasteiger charge is -2.23. The summed E-state index contributed by atoms with van der Waals surface area (Å²) in [6.45, 7) is 3.97. The highest BCUT2D eigenvalue weighted by Crippen LogP contribution is 2.39. The summed E-state index contributed by atoms with van der Waals surface area (Å²) in [7, 11) is 0. The van der Waals surface area contributed by atoms with Crippen molar-refractivity contribution in [2.75, 3.05) is 23.7 Å². The van der Waals surface area contributed by atoms with Crippen molar-refractivity contribution in [2.45, 2.75) is 51.5 Å². The largest absolute Gasteiger partial charge is 0.437 e. The molecule has 0 spiro atoms. The molecule has 8 heteroatoms. The van der Waals surface area contributed by atoms with Gasteiger partial charge in [-0.1, -0.05) is 37.1 Å². The van der Waals surface area contributed by atoms with Crippen LogP contribution in [0.25, 0.3) is 22.0 Å². The highest BCUT2D eigenvalue weighted by Gasteiger charge is 2.23. The predicted octanol–water partition coefficient (Wildman–Crippen LogP) is 6.09. The van der Waals surface area contributed by atoms with E-state index in [1.165, 1.54) is 0 Å². The van der Waals surface area contributed by atoms with E-state index < -0.39 is 0 Å². The Morgan fingerprint density at radius 3 is 2.69 bits per heavy atom. The van der Waals surface area contributed by atoms with Crippen molar-refractivity contribution in [3.63, 3.8) is 0 Å². The van der Waals surface area contributed by atoms with Crippen molar-refractivity contribution in [3.8, 4) is 22.9 Å². The van der Waals surface area contributed by atoms with Gasteiger partial charge >= 0.3 is 0 Å². The van der Waals surface area contributed by atoms with E-state index in [9.17, 15) is 4.79 Å². The molecule has 3 heterocycles. The third-order valence-corrected chi connectivity index (χ3v) is 7.72. The van der Waals surface area contributed by atoms with Crippen LogP contribution in [0.2, 0.25) is 0 Å². The van der Waals surface area contributed by atoms with Crippen LogP contribution in [0.4, 0.5) is 11.6 Å². The molecule has 0 bridgehead atoms. The number of piperidine rings is 1. The maximum atomic E-state index is 12.9. The van der Waals surface area contributed by atoms with E-state index >= 15 is 0 Å². The van der Waals surface area contributed by atoms with Crippen molar-refractivity contribution in [2.24, 2.45) is 5.92 Å². The number of ether oxygens (including phenoxy) is 1. The molecule has 200 valence electrons. The van der Waals surface area contributed by atoms with Gasteiger partial charge in [0.05, 0.1) is 11.3 Å². The Balaban J connectivity index is 1.30. The number of hydrogen-bond donors (Lipinski definition) is 3. The lowest BCUT2D eigenvalue weighted by atomic mass is 10.0. The number of fused-ring (bicyclic) bond motifs is 1. The Morgan fingerprint density at radius 1 is 0.949 bits per heavy atom. The average molecular weight is 523 g/mol. The van der Waals surface area contributed by atoms with Crippen molar-refractivity contribution in [1.82, 2.24) is 20.3 Å². The molecule has 1 aliphatic heterocycles. The van der Waals surface area contributed by atoms with Crippen LogP contribution < -0.4 is 20.7 Å². The highest BCUT2D eigenvalue weighted by atomic mass is 16.5. The van der Waals surface area contributed by atoms with Crippen LogP contribution in [-0.2, 0) is 4.79 Å². The Morgan fingerprint density at radius 2 is 1.85 bits per heavy atom. The third-order valence-electron chi connectivity index (χ3n) is 7.72. The molecular weight excluding hydrogens is 488 g/mol. The normalized spacial score (nSPS) is 17.7. The van der Waals surface area contributed by atoms with Gasteiger partial charge in [0.15, 0.2) is 0 Å². The number of amides is 1. The fourth-order valence-corrected chi connectivity index (χ4v) is 5.61. The number of carbonyl (C=O) groups excluding carboxylic acids is 1. The molecule has 2 fully saturated rings. The van der Waals surface area contributed by atoms with Crippen LogP contribution in [0.1, 0.15) is 44.1 Å².